The highest BCUT2D eigenvalue weighted by atomic mass is 32.2. The van der Waals surface area contributed by atoms with Gasteiger partial charge in [0.25, 0.3) is 0 Å². The van der Waals surface area contributed by atoms with Gasteiger partial charge in [-0.3, -0.25) is 4.79 Å². The van der Waals surface area contributed by atoms with Crippen molar-refractivity contribution in [2.75, 3.05) is 26.0 Å². The van der Waals surface area contributed by atoms with Crippen molar-refractivity contribution in [2.24, 2.45) is 0 Å². The first-order valence-electron chi connectivity index (χ1n) is 7.62. The van der Waals surface area contributed by atoms with Gasteiger partial charge in [-0.25, -0.2) is 0 Å². The van der Waals surface area contributed by atoms with E-state index in [1.54, 1.807) is 24.8 Å². The summed E-state index contributed by atoms with van der Waals surface area (Å²) in [5.41, 5.74) is 0. The molecular formula is C15H20N4O2S2. The molecule has 0 aliphatic carbocycles. The molecule has 1 unspecified atom stereocenters. The van der Waals surface area contributed by atoms with Crippen LogP contribution in [0.3, 0.4) is 0 Å². The average molecular weight is 352 g/mol. The van der Waals surface area contributed by atoms with Gasteiger partial charge in [-0.2, -0.15) is 0 Å². The van der Waals surface area contributed by atoms with E-state index >= 15 is 0 Å². The van der Waals surface area contributed by atoms with Crippen molar-refractivity contribution in [1.82, 2.24) is 19.7 Å². The van der Waals surface area contributed by atoms with Gasteiger partial charge in [0, 0.05) is 25.1 Å². The molecule has 3 rings (SSSR count). The first kappa shape index (κ1) is 16.5. The summed E-state index contributed by atoms with van der Waals surface area (Å²) in [5.74, 6) is 0.570. The second-order valence-electron chi connectivity index (χ2n) is 5.35. The zero-order valence-electron chi connectivity index (χ0n) is 13.1. The van der Waals surface area contributed by atoms with Crippen molar-refractivity contribution in [3.63, 3.8) is 0 Å². The number of thiophene rings is 1. The number of hydrogen-bond donors (Lipinski definition) is 0. The maximum absolute atomic E-state index is 12.6. The van der Waals surface area contributed by atoms with E-state index in [0.29, 0.717) is 18.9 Å². The highest BCUT2D eigenvalue weighted by Crippen LogP contribution is 2.35. The molecule has 1 fully saturated rings. The number of likely N-dealkylation sites (tertiary alicyclic amines) is 1. The SMILES string of the molecule is COCCn1cnnc1SCC(=O)N1CCCC1c1cccs1. The molecule has 2 aromatic rings. The van der Waals surface area contributed by atoms with E-state index in [-0.39, 0.29) is 11.9 Å². The van der Waals surface area contributed by atoms with Crippen molar-refractivity contribution in [1.29, 1.82) is 0 Å². The predicted molar refractivity (Wildman–Crippen MR) is 90.6 cm³/mol. The Morgan fingerprint density at radius 1 is 1.57 bits per heavy atom. The van der Waals surface area contributed by atoms with Gasteiger partial charge in [-0.05, 0) is 24.3 Å². The Morgan fingerprint density at radius 2 is 2.48 bits per heavy atom. The van der Waals surface area contributed by atoms with Gasteiger partial charge in [-0.1, -0.05) is 17.8 Å². The van der Waals surface area contributed by atoms with E-state index in [9.17, 15) is 4.79 Å². The molecule has 124 valence electrons. The summed E-state index contributed by atoms with van der Waals surface area (Å²) in [5, 5.41) is 10.8. The maximum atomic E-state index is 12.6. The summed E-state index contributed by atoms with van der Waals surface area (Å²) in [4.78, 5) is 15.9. The van der Waals surface area contributed by atoms with Crippen LogP contribution in [0.1, 0.15) is 23.8 Å². The Morgan fingerprint density at radius 3 is 3.26 bits per heavy atom. The number of methoxy groups -OCH3 is 1. The molecule has 6 nitrogen and oxygen atoms in total. The summed E-state index contributed by atoms with van der Waals surface area (Å²) in [6.45, 7) is 2.14. The number of thioether (sulfide) groups is 1. The Kier molecular flexibility index (Phi) is 5.69. The molecule has 0 bridgehead atoms. The topological polar surface area (TPSA) is 60.2 Å². The van der Waals surface area contributed by atoms with Gasteiger partial charge in [-0.15, -0.1) is 21.5 Å². The second kappa shape index (κ2) is 7.94. The van der Waals surface area contributed by atoms with Crippen LogP contribution in [0.25, 0.3) is 0 Å². The molecule has 2 aromatic heterocycles. The zero-order chi connectivity index (χ0) is 16.1. The molecule has 0 radical (unpaired) electrons. The standard InChI is InChI=1S/C15H20N4O2S2/c1-21-8-7-18-11-16-17-15(18)23-10-14(20)19-6-2-4-12(19)13-5-3-9-22-13/h3,5,9,11-12H,2,4,6-8,10H2,1H3. The summed E-state index contributed by atoms with van der Waals surface area (Å²) >= 11 is 3.17. The van der Waals surface area contributed by atoms with E-state index < -0.39 is 0 Å². The lowest BCUT2D eigenvalue weighted by atomic mass is 10.2. The maximum Gasteiger partial charge on any atom is 0.233 e. The van der Waals surface area contributed by atoms with E-state index in [4.69, 9.17) is 4.74 Å². The van der Waals surface area contributed by atoms with E-state index in [0.717, 1.165) is 24.5 Å². The van der Waals surface area contributed by atoms with Crippen molar-refractivity contribution >= 4 is 29.0 Å². The lowest BCUT2D eigenvalue weighted by Crippen LogP contribution is -2.31. The molecule has 1 aliphatic rings. The lowest BCUT2D eigenvalue weighted by Gasteiger charge is -2.23. The third kappa shape index (κ3) is 3.94. The fourth-order valence-corrected chi connectivity index (χ4v) is 4.45. The second-order valence-corrected chi connectivity index (χ2v) is 7.27. The molecular weight excluding hydrogens is 332 g/mol. The van der Waals surface area contributed by atoms with Gasteiger partial charge in [0.2, 0.25) is 5.91 Å². The van der Waals surface area contributed by atoms with E-state index in [1.165, 1.54) is 16.6 Å². The largest absolute Gasteiger partial charge is 0.383 e. The fourth-order valence-electron chi connectivity index (χ4n) is 2.75. The molecule has 1 aliphatic heterocycles. The Hall–Kier alpha value is -1.38. The first-order chi connectivity index (χ1) is 11.3. The van der Waals surface area contributed by atoms with Crippen LogP contribution in [0.2, 0.25) is 0 Å². The molecule has 3 heterocycles. The van der Waals surface area contributed by atoms with Crippen LogP contribution in [0, 0.1) is 0 Å². The van der Waals surface area contributed by atoms with E-state index in [2.05, 4.69) is 21.6 Å². The quantitative estimate of drug-likeness (QED) is 0.716. The molecule has 8 heteroatoms. The smallest absolute Gasteiger partial charge is 0.233 e. The third-order valence-electron chi connectivity index (χ3n) is 3.89. The molecule has 1 saturated heterocycles. The van der Waals surface area contributed by atoms with Crippen LogP contribution in [-0.4, -0.2) is 51.6 Å². The van der Waals surface area contributed by atoms with Crippen LogP contribution >= 0.6 is 23.1 Å². The summed E-state index contributed by atoms with van der Waals surface area (Å²) in [6.07, 6.45) is 3.81. The Bertz CT molecular complexity index is 629. The molecule has 0 spiro atoms. The van der Waals surface area contributed by atoms with Gasteiger partial charge >= 0.3 is 0 Å². The van der Waals surface area contributed by atoms with Gasteiger partial charge in [0.05, 0.1) is 18.4 Å². The van der Waals surface area contributed by atoms with Crippen molar-refractivity contribution < 1.29 is 9.53 Å². The van der Waals surface area contributed by atoms with Crippen molar-refractivity contribution in [2.45, 2.75) is 30.6 Å². The molecule has 1 amide bonds. The predicted octanol–water partition coefficient (Wildman–Crippen LogP) is 2.44. The summed E-state index contributed by atoms with van der Waals surface area (Å²) < 4.78 is 6.99. The number of nitrogens with zero attached hydrogens (tertiary/aromatic N) is 4. The average Bonchev–Trinajstić information content (AvgIpc) is 3.31. The van der Waals surface area contributed by atoms with Gasteiger partial charge < -0.3 is 14.2 Å². The monoisotopic (exact) mass is 352 g/mol. The van der Waals surface area contributed by atoms with Gasteiger partial charge in [0.15, 0.2) is 5.16 Å². The summed E-state index contributed by atoms with van der Waals surface area (Å²) in [6, 6.07) is 4.41. The molecule has 0 saturated carbocycles. The molecule has 0 N–H and O–H groups in total. The minimum Gasteiger partial charge on any atom is -0.383 e. The molecule has 1 atom stereocenters. The number of hydrogen-bond acceptors (Lipinski definition) is 6. The lowest BCUT2D eigenvalue weighted by molar-refractivity contribution is -0.129. The number of carbonyl (C=O) groups excluding carboxylic acids is 1. The Labute approximate surface area is 143 Å². The van der Waals surface area contributed by atoms with Crippen LogP contribution in [0.15, 0.2) is 29.0 Å². The van der Waals surface area contributed by atoms with Crippen LogP contribution in [0.4, 0.5) is 0 Å². The van der Waals surface area contributed by atoms with Crippen LogP contribution in [0.5, 0.6) is 0 Å². The summed E-state index contributed by atoms with van der Waals surface area (Å²) in [7, 11) is 1.67. The Balaban J connectivity index is 1.58. The van der Waals surface area contributed by atoms with Crippen LogP contribution < -0.4 is 0 Å². The number of rotatable bonds is 7. The zero-order valence-corrected chi connectivity index (χ0v) is 14.7. The van der Waals surface area contributed by atoms with Crippen molar-refractivity contribution in [3.05, 3.63) is 28.7 Å². The highest BCUT2D eigenvalue weighted by molar-refractivity contribution is 7.99. The molecule has 23 heavy (non-hydrogen) atoms. The number of carbonyl (C=O) groups is 1. The van der Waals surface area contributed by atoms with E-state index in [1.807, 2.05) is 15.5 Å². The minimum absolute atomic E-state index is 0.173. The van der Waals surface area contributed by atoms with Crippen molar-refractivity contribution in [3.8, 4) is 0 Å². The number of aromatic nitrogens is 3. The normalized spacial score (nSPS) is 17.8. The fraction of sp³-hybridized carbons (Fsp3) is 0.533. The van der Waals surface area contributed by atoms with Gasteiger partial charge in [0.1, 0.15) is 6.33 Å². The molecule has 0 aromatic carbocycles. The highest BCUT2D eigenvalue weighted by Gasteiger charge is 2.30. The first-order valence-corrected chi connectivity index (χ1v) is 9.48. The third-order valence-corrected chi connectivity index (χ3v) is 5.83. The number of amides is 1. The minimum atomic E-state index is 0.173. The van der Waals surface area contributed by atoms with Crippen LogP contribution in [-0.2, 0) is 16.1 Å². The number of ether oxygens (including phenoxy) is 1.